The summed E-state index contributed by atoms with van der Waals surface area (Å²) in [4.78, 5) is 150. The second-order valence-electron chi connectivity index (χ2n) is 26.1. The Bertz CT molecular complexity index is 4310. The van der Waals surface area contributed by atoms with Gasteiger partial charge in [0.05, 0.1) is 56.5 Å². The number of carbonyl (C=O) groups is 8. The van der Waals surface area contributed by atoms with Crippen molar-refractivity contribution >= 4 is 152 Å². The number of imide groups is 2. The van der Waals surface area contributed by atoms with E-state index in [9.17, 15) is 63.7 Å². The van der Waals surface area contributed by atoms with Crippen LogP contribution < -0.4 is 48.3 Å². The van der Waals surface area contributed by atoms with Crippen LogP contribution in [0.25, 0.3) is 0 Å². The number of halogens is 4. The molecule has 1 aliphatic heterocycles. The molecule has 0 spiro atoms. The average Bonchev–Trinajstić information content (AvgIpc) is 1.42. The third-order valence-electron chi connectivity index (χ3n) is 13.6. The van der Waals surface area contributed by atoms with Crippen LogP contribution >= 0.6 is 46.4 Å². The van der Waals surface area contributed by atoms with Crippen molar-refractivity contribution in [2.24, 2.45) is 0 Å². The molecule has 4 aromatic carbocycles. The zero-order valence-electron chi connectivity index (χ0n) is 61.4. The summed E-state index contributed by atoms with van der Waals surface area (Å²) in [5.74, 6) is -3.39. The molecule has 36 nitrogen and oxygen atoms in total. The first-order valence-electron chi connectivity index (χ1n) is 31.4. The summed E-state index contributed by atoms with van der Waals surface area (Å²) in [7, 11) is 8.74. The predicted molar refractivity (Wildman–Crippen MR) is 391 cm³/mol. The van der Waals surface area contributed by atoms with Crippen molar-refractivity contribution in [3.63, 3.8) is 0 Å². The highest BCUT2D eigenvalue weighted by Crippen LogP contribution is 2.49. The Morgan fingerprint density at radius 2 is 0.813 bits per heavy atom. The standard InChI is InChI=1S/C32H36Cl2N6O11.C31H34Cl2N6O11.C4H8O2/c1-31(2,3)50-29(43)38(18-12-11-17(27(41)49-10)13-19(18)40(45)46)23-15-22(35-16-36-23)37(7)28(42)39(30(44)51-32(4,5)6)26-24(33)20(47-8)14-21(48-9)25(26)34;1-30(2,3)49-28(43)37(17-11-10-16(26(40)41)12-18(17)39(45)46)22-14-21(34-15-35-22)36(7)27(42)38(29(44)50-31(4,5)6)25-23(32)19(47-8)13-20(48-9)24(25)33;5-4-2-1-3-6-4/h11-16H,1-10H3;10-15H,1-9H3,(H,40,41);4-5H,1-3H2. The number of urea groups is 2. The van der Waals surface area contributed by atoms with E-state index < -0.39 is 110 Å². The van der Waals surface area contributed by atoms with Gasteiger partial charge in [0.15, 0.2) is 6.29 Å². The van der Waals surface area contributed by atoms with Gasteiger partial charge in [-0.3, -0.25) is 30.0 Å². The third kappa shape index (κ3) is 22.3. The first-order valence-corrected chi connectivity index (χ1v) is 32.9. The van der Waals surface area contributed by atoms with E-state index in [0.29, 0.717) is 14.7 Å². The number of anilines is 8. The van der Waals surface area contributed by atoms with Crippen LogP contribution in [0.4, 0.5) is 86.2 Å². The molecule has 1 fully saturated rings. The summed E-state index contributed by atoms with van der Waals surface area (Å²) in [6.07, 6.45) is -1.35. The van der Waals surface area contributed by atoms with E-state index in [1.807, 2.05) is 0 Å². The number of hydrogen-bond acceptors (Lipinski definition) is 27. The molecular formula is C67H78Cl4N12O24. The molecule has 6 aromatic rings. The first kappa shape index (κ1) is 86.7. The van der Waals surface area contributed by atoms with Crippen LogP contribution in [-0.2, 0) is 28.4 Å². The number of amides is 8. The molecule has 107 heavy (non-hydrogen) atoms. The Balaban J connectivity index is 0.000000355. The van der Waals surface area contributed by atoms with Gasteiger partial charge < -0.3 is 57.6 Å². The molecule has 40 heteroatoms. The molecule has 1 saturated heterocycles. The molecule has 0 bridgehead atoms. The number of aliphatic hydroxyl groups is 1. The number of aromatic carboxylic acids is 1. The molecule has 578 valence electrons. The minimum Gasteiger partial charge on any atom is -0.495 e. The van der Waals surface area contributed by atoms with Crippen molar-refractivity contribution in [1.29, 1.82) is 0 Å². The lowest BCUT2D eigenvalue weighted by molar-refractivity contribution is -0.384. The number of nitro groups is 2. The van der Waals surface area contributed by atoms with Gasteiger partial charge in [0.1, 0.15) is 124 Å². The van der Waals surface area contributed by atoms with Gasteiger partial charge in [0, 0.05) is 63.5 Å². The van der Waals surface area contributed by atoms with Gasteiger partial charge in [-0.15, -0.1) is 0 Å². The fraction of sp³-hybridized carbons (Fsp3) is 0.403. The van der Waals surface area contributed by atoms with E-state index in [0.717, 1.165) is 96.4 Å². The molecular weight excluding hydrogens is 1500 g/mol. The highest BCUT2D eigenvalue weighted by atomic mass is 35.5. The second kappa shape index (κ2) is 35.9. The maximum Gasteiger partial charge on any atom is 0.423 e. The number of methoxy groups -OCH3 is 5. The average molecular weight is 1580 g/mol. The van der Waals surface area contributed by atoms with Gasteiger partial charge in [-0.2, -0.15) is 9.80 Å². The zero-order valence-corrected chi connectivity index (χ0v) is 64.4. The van der Waals surface area contributed by atoms with Crippen LogP contribution in [0.2, 0.25) is 20.1 Å². The van der Waals surface area contributed by atoms with Crippen LogP contribution in [-0.4, -0.2) is 173 Å². The maximum atomic E-state index is 14.3. The molecule has 2 N–H and O–H groups in total. The Morgan fingerprint density at radius 3 is 1.08 bits per heavy atom. The Labute approximate surface area is 632 Å². The fourth-order valence-electron chi connectivity index (χ4n) is 8.97. The van der Waals surface area contributed by atoms with E-state index in [1.54, 1.807) is 83.1 Å². The number of hydrogen-bond donors (Lipinski definition) is 2. The Morgan fingerprint density at radius 1 is 0.495 bits per heavy atom. The number of carbonyl (C=O) groups excluding carboxylic acids is 7. The summed E-state index contributed by atoms with van der Waals surface area (Å²) >= 11 is 26.4. The number of benzene rings is 4. The van der Waals surface area contributed by atoms with Crippen LogP contribution in [0.15, 0.2) is 73.3 Å². The quantitative estimate of drug-likeness (QED) is 0.0393. The lowest BCUT2D eigenvalue weighted by Gasteiger charge is -2.31. The molecule has 1 atom stereocenters. The number of rotatable bonds is 16. The van der Waals surface area contributed by atoms with Crippen molar-refractivity contribution in [2.75, 3.05) is 85.7 Å². The largest absolute Gasteiger partial charge is 0.495 e. The number of aromatic nitrogens is 4. The molecule has 1 unspecified atom stereocenters. The smallest absolute Gasteiger partial charge is 0.423 e. The van der Waals surface area contributed by atoms with E-state index in [2.05, 4.69) is 24.7 Å². The number of carboxylic acid groups (broad SMARTS) is 1. The highest BCUT2D eigenvalue weighted by Gasteiger charge is 2.41. The van der Waals surface area contributed by atoms with Crippen molar-refractivity contribution in [1.82, 2.24) is 19.9 Å². The van der Waals surface area contributed by atoms with Crippen molar-refractivity contribution in [3.8, 4) is 23.0 Å². The Kier molecular flexibility index (Phi) is 29.1. The van der Waals surface area contributed by atoms with Gasteiger partial charge in [0.25, 0.3) is 11.4 Å². The third-order valence-corrected chi connectivity index (χ3v) is 15.1. The second-order valence-corrected chi connectivity index (χ2v) is 27.6. The van der Waals surface area contributed by atoms with Crippen LogP contribution in [0.3, 0.4) is 0 Å². The van der Waals surface area contributed by atoms with Crippen molar-refractivity contribution in [2.45, 2.75) is 125 Å². The monoisotopic (exact) mass is 1570 g/mol. The van der Waals surface area contributed by atoms with Gasteiger partial charge in [0.2, 0.25) is 0 Å². The summed E-state index contributed by atoms with van der Waals surface area (Å²) in [6, 6.07) is 8.81. The number of ether oxygens (including phenoxy) is 10. The minimum absolute atomic E-state index is 0.000218. The fourth-order valence-corrected chi connectivity index (χ4v) is 10.3. The Hall–Kier alpha value is -10.9. The van der Waals surface area contributed by atoms with Crippen LogP contribution in [0.1, 0.15) is 117 Å². The van der Waals surface area contributed by atoms with Crippen molar-refractivity contribution in [3.05, 3.63) is 125 Å². The lowest BCUT2D eigenvalue weighted by Crippen LogP contribution is -2.48. The van der Waals surface area contributed by atoms with Crippen LogP contribution in [0.5, 0.6) is 23.0 Å². The van der Waals surface area contributed by atoms with E-state index >= 15 is 0 Å². The number of nitrogens with zero attached hydrogens (tertiary/aromatic N) is 12. The molecule has 0 aliphatic carbocycles. The van der Waals surface area contributed by atoms with Crippen molar-refractivity contribution < 1.29 is 106 Å². The molecule has 1 aliphatic rings. The maximum absolute atomic E-state index is 14.3. The van der Waals surface area contributed by atoms with Crippen LogP contribution in [0, 0.1) is 20.2 Å². The molecule has 0 radical (unpaired) electrons. The highest BCUT2D eigenvalue weighted by molar-refractivity contribution is 6.44. The molecule has 2 aromatic heterocycles. The summed E-state index contributed by atoms with van der Waals surface area (Å²) in [5, 5.41) is 41.2. The number of aliphatic hydroxyl groups excluding tert-OH is 1. The van der Waals surface area contributed by atoms with E-state index in [-0.39, 0.29) is 89.0 Å². The number of esters is 1. The number of nitro benzene ring substituents is 2. The molecule has 8 amide bonds. The SMILES string of the molecule is COC(=O)c1ccc(N(C(=O)OC(C)(C)C)c2cc(N(C)C(=O)N(C(=O)OC(C)(C)C)c3c(Cl)c(OC)cc(OC)c3Cl)ncn2)c([N+](=O)[O-])c1.COc1cc(OC)c(Cl)c(N(C(=O)OC(C)(C)C)C(=O)N(C)c2cc(N(C(=O)OC(C)(C)C)c3ccc(C(=O)O)cc3[N+](=O)[O-])ncn2)c1Cl.OC1CCCO1. The van der Waals surface area contributed by atoms with E-state index in [4.69, 9.17) is 94.1 Å². The minimum atomic E-state index is -1.45. The lowest BCUT2D eigenvalue weighted by atomic mass is 10.1. The normalized spacial score (nSPS) is 12.5. The first-order chi connectivity index (χ1) is 49.7. The molecule has 7 rings (SSSR count). The summed E-state index contributed by atoms with van der Waals surface area (Å²) in [6.45, 7) is 19.5. The molecule has 0 saturated carbocycles. The van der Waals surface area contributed by atoms with E-state index in [1.165, 1.54) is 60.7 Å². The van der Waals surface area contributed by atoms with Gasteiger partial charge in [-0.05, 0) is 114 Å². The molecule has 3 heterocycles. The summed E-state index contributed by atoms with van der Waals surface area (Å²) < 4.78 is 52.7. The van der Waals surface area contributed by atoms with Gasteiger partial charge >= 0.3 is 48.4 Å². The van der Waals surface area contributed by atoms with Gasteiger partial charge in [-0.25, -0.2) is 68.1 Å². The zero-order chi connectivity index (χ0) is 80.9. The van der Waals surface area contributed by atoms with Gasteiger partial charge in [-0.1, -0.05) is 46.4 Å². The topological polar surface area (TPSA) is 427 Å². The predicted octanol–water partition coefficient (Wildman–Crippen LogP) is 15.2. The summed E-state index contributed by atoms with van der Waals surface area (Å²) in [5.41, 5.74) is -7.87. The number of carboxylic acids is 1.